The predicted molar refractivity (Wildman–Crippen MR) is 83.3 cm³/mol. The molecule has 1 unspecified atom stereocenters. The molecule has 1 aliphatic rings. The van der Waals surface area contributed by atoms with Crippen molar-refractivity contribution in [3.8, 4) is 16.9 Å². The Kier molecular flexibility index (Phi) is 3.49. The monoisotopic (exact) mass is 267 g/mol. The van der Waals surface area contributed by atoms with Gasteiger partial charge >= 0.3 is 0 Å². The number of hydrogen-bond acceptors (Lipinski definition) is 2. The van der Waals surface area contributed by atoms with Crippen LogP contribution in [-0.4, -0.2) is 14.2 Å². The van der Waals surface area contributed by atoms with E-state index in [0.29, 0.717) is 6.04 Å². The molecular formula is C18H21NO. The first kappa shape index (κ1) is 13.2. The lowest BCUT2D eigenvalue weighted by Crippen LogP contribution is -2.12. The van der Waals surface area contributed by atoms with Crippen LogP contribution in [-0.2, 0) is 6.42 Å². The Bertz CT molecular complexity index is 633. The number of nitrogens with one attached hydrogen (secondary N) is 1. The van der Waals surface area contributed by atoms with Crippen LogP contribution in [0.25, 0.3) is 11.1 Å². The molecule has 0 saturated carbocycles. The summed E-state index contributed by atoms with van der Waals surface area (Å²) in [4.78, 5) is 0. The fraction of sp³-hybridized carbons (Fsp3) is 0.333. The molecule has 2 aromatic carbocycles. The summed E-state index contributed by atoms with van der Waals surface area (Å²) in [7, 11) is 3.79. The van der Waals surface area contributed by atoms with Crippen LogP contribution in [0.3, 0.4) is 0 Å². The molecule has 0 saturated heterocycles. The van der Waals surface area contributed by atoms with Gasteiger partial charge in [0.25, 0.3) is 0 Å². The number of rotatable bonds is 3. The van der Waals surface area contributed by atoms with E-state index in [1.807, 2.05) is 7.05 Å². The average molecular weight is 267 g/mol. The number of aryl methyl sites for hydroxylation is 1. The standard InChI is InChI=1S/C18H21NO/c1-12-7-10-18(20-3)16(11-12)13-5-4-6-15-14(13)8-9-17(15)19-2/h4-7,10-11,17,19H,8-9H2,1-3H3. The third-order valence-corrected chi connectivity index (χ3v) is 4.26. The number of fused-ring (bicyclic) bond motifs is 1. The van der Waals surface area contributed by atoms with E-state index in [1.165, 1.54) is 34.2 Å². The molecule has 104 valence electrons. The Morgan fingerprint density at radius 2 is 2.00 bits per heavy atom. The first-order valence-electron chi connectivity index (χ1n) is 7.18. The minimum atomic E-state index is 0.487. The molecule has 20 heavy (non-hydrogen) atoms. The van der Waals surface area contributed by atoms with Crippen LogP contribution >= 0.6 is 0 Å². The normalized spacial score (nSPS) is 17.1. The van der Waals surface area contributed by atoms with Gasteiger partial charge in [0, 0.05) is 11.6 Å². The van der Waals surface area contributed by atoms with Gasteiger partial charge in [-0.05, 0) is 55.6 Å². The summed E-state index contributed by atoms with van der Waals surface area (Å²) < 4.78 is 5.55. The molecule has 1 aliphatic carbocycles. The zero-order chi connectivity index (χ0) is 14.1. The highest BCUT2D eigenvalue weighted by Crippen LogP contribution is 2.40. The van der Waals surface area contributed by atoms with E-state index in [4.69, 9.17) is 4.74 Å². The second-order valence-electron chi connectivity index (χ2n) is 5.46. The van der Waals surface area contributed by atoms with Crippen molar-refractivity contribution in [1.82, 2.24) is 5.32 Å². The third kappa shape index (κ3) is 2.10. The first-order chi connectivity index (χ1) is 9.74. The van der Waals surface area contributed by atoms with Crippen molar-refractivity contribution in [2.75, 3.05) is 14.2 Å². The maximum atomic E-state index is 5.55. The number of ether oxygens (including phenoxy) is 1. The van der Waals surface area contributed by atoms with Gasteiger partial charge in [-0.15, -0.1) is 0 Å². The van der Waals surface area contributed by atoms with E-state index in [1.54, 1.807) is 7.11 Å². The van der Waals surface area contributed by atoms with Crippen LogP contribution in [0.2, 0.25) is 0 Å². The van der Waals surface area contributed by atoms with Gasteiger partial charge in [-0.1, -0.05) is 29.8 Å². The van der Waals surface area contributed by atoms with Gasteiger partial charge in [0.05, 0.1) is 7.11 Å². The lowest BCUT2D eigenvalue weighted by molar-refractivity contribution is 0.416. The second kappa shape index (κ2) is 5.29. The van der Waals surface area contributed by atoms with E-state index in [0.717, 1.165) is 12.2 Å². The summed E-state index contributed by atoms with van der Waals surface area (Å²) in [5.74, 6) is 0.955. The van der Waals surface area contributed by atoms with Gasteiger partial charge in [0.2, 0.25) is 0 Å². The highest BCUT2D eigenvalue weighted by Gasteiger charge is 2.24. The Balaban J connectivity index is 2.17. The molecule has 2 nitrogen and oxygen atoms in total. The van der Waals surface area contributed by atoms with Crippen molar-refractivity contribution < 1.29 is 4.74 Å². The van der Waals surface area contributed by atoms with Gasteiger partial charge < -0.3 is 10.1 Å². The Morgan fingerprint density at radius 1 is 1.15 bits per heavy atom. The number of benzene rings is 2. The molecule has 1 atom stereocenters. The Morgan fingerprint density at radius 3 is 2.75 bits per heavy atom. The molecule has 0 fully saturated rings. The van der Waals surface area contributed by atoms with Crippen molar-refractivity contribution in [2.24, 2.45) is 0 Å². The molecule has 1 N–H and O–H groups in total. The van der Waals surface area contributed by atoms with Crippen LogP contribution in [0.15, 0.2) is 36.4 Å². The third-order valence-electron chi connectivity index (χ3n) is 4.26. The van der Waals surface area contributed by atoms with Crippen LogP contribution < -0.4 is 10.1 Å². The van der Waals surface area contributed by atoms with Crippen LogP contribution in [0.5, 0.6) is 5.75 Å². The average Bonchev–Trinajstić information content (AvgIpc) is 2.90. The number of hydrogen-bond donors (Lipinski definition) is 1. The highest BCUT2D eigenvalue weighted by molar-refractivity contribution is 5.75. The van der Waals surface area contributed by atoms with Gasteiger partial charge in [-0.2, -0.15) is 0 Å². The molecule has 0 radical (unpaired) electrons. The second-order valence-corrected chi connectivity index (χ2v) is 5.46. The molecule has 0 bridgehead atoms. The maximum Gasteiger partial charge on any atom is 0.126 e. The van der Waals surface area contributed by atoms with E-state index in [2.05, 4.69) is 48.6 Å². The van der Waals surface area contributed by atoms with E-state index in [9.17, 15) is 0 Å². The molecule has 0 spiro atoms. The summed E-state index contributed by atoms with van der Waals surface area (Å²) in [6.45, 7) is 2.13. The smallest absolute Gasteiger partial charge is 0.126 e. The van der Waals surface area contributed by atoms with Crippen molar-refractivity contribution in [2.45, 2.75) is 25.8 Å². The van der Waals surface area contributed by atoms with Crippen molar-refractivity contribution in [1.29, 1.82) is 0 Å². The first-order valence-corrected chi connectivity index (χ1v) is 7.18. The van der Waals surface area contributed by atoms with E-state index in [-0.39, 0.29) is 0 Å². The minimum Gasteiger partial charge on any atom is -0.496 e. The van der Waals surface area contributed by atoms with Crippen LogP contribution in [0, 0.1) is 6.92 Å². The van der Waals surface area contributed by atoms with Gasteiger partial charge in [-0.25, -0.2) is 0 Å². The van der Waals surface area contributed by atoms with E-state index < -0.39 is 0 Å². The Hall–Kier alpha value is -1.80. The molecular weight excluding hydrogens is 246 g/mol. The zero-order valence-electron chi connectivity index (χ0n) is 12.4. The lowest BCUT2D eigenvalue weighted by atomic mass is 9.94. The van der Waals surface area contributed by atoms with Crippen molar-refractivity contribution in [3.63, 3.8) is 0 Å². The van der Waals surface area contributed by atoms with Crippen molar-refractivity contribution in [3.05, 3.63) is 53.1 Å². The summed E-state index contributed by atoms with van der Waals surface area (Å²) >= 11 is 0. The number of methoxy groups -OCH3 is 1. The highest BCUT2D eigenvalue weighted by atomic mass is 16.5. The van der Waals surface area contributed by atoms with Crippen molar-refractivity contribution >= 4 is 0 Å². The topological polar surface area (TPSA) is 21.3 Å². The molecule has 0 aliphatic heterocycles. The summed E-state index contributed by atoms with van der Waals surface area (Å²) in [6, 6.07) is 13.5. The summed E-state index contributed by atoms with van der Waals surface area (Å²) in [5.41, 5.74) is 6.70. The van der Waals surface area contributed by atoms with Crippen LogP contribution in [0.4, 0.5) is 0 Å². The van der Waals surface area contributed by atoms with Gasteiger partial charge in [0.15, 0.2) is 0 Å². The summed E-state index contributed by atoms with van der Waals surface area (Å²) in [6.07, 6.45) is 2.31. The largest absolute Gasteiger partial charge is 0.496 e. The minimum absolute atomic E-state index is 0.487. The summed E-state index contributed by atoms with van der Waals surface area (Å²) in [5, 5.41) is 3.41. The molecule has 0 aromatic heterocycles. The lowest BCUT2D eigenvalue weighted by Gasteiger charge is -2.15. The molecule has 3 rings (SSSR count). The zero-order valence-corrected chi connectivity index (χ0v) is 12.4. The van der Waals surface area contributed by atoms with Gasteiger partial charge in [-0.3, -0.25) is 0 Å². The predicted octanol–water partition coefficient (Wildman–Crippen LogP) is 3.88. The SMILES string of the molecule is CNC1CCc2c(-c3cc(C)ccc3OC)cccc21. The molecule has 0 heterocycles. The molecule has 2 heteroatoms. The fourth-order valence-electron chi connectivity index (χ4n) is 3.24. The van der Waals surface area contributed by atoms with Gasteiger partial charge in [0.1, 0.15) is 5.75 Å². The van der Waals surface area contributed by atoms with Crippen LogP contribution in [0.1, 0.15) is 29.2 Å². The molecule has 0 amide bonds. The Labute approximate surface area is 120 Å². The quantitative estimate of drug-likeness (QED) is 0.911. The molecule has 2 aromatic rings. The fourth-order valence-corrected chi connectivity index (χ4v) is 3.24. The maximum absolute atomic E-state index is 5.55. The van der Waals surface area contributed by atoms with E-state index >= 15 is 0 Å².